The monoisotopic (exact) mass is 292 g/mol. The largest absolute Gasteiger partial charge is 0.411 e. The molecule has 0 aromatic carbocycles. The maximum Gasteiger partial charge on any atom is 0.309 e. The van der Waals surface area contributed by atoms with E-state index in [1.54, 1.807) is 10.9 Å². The van der Waals surface area contributed by atoms with E-state index in [1.807, 2.05) is 6.92 Å². The lowest BCUT2D eigenvalue weighted by Crippen LogP contribution is -2.35. The minimum Gasteiger partial charge on any atom is -0.411 e. The van der Waals surface area contributed by atoms with E-state index in [9.17, 15) is 4.79 Å². The van der Waals surface area contributed by atoms with Gasteiger partial charge in [-0.2, -0.15) is 0 Å². The van der Waals surface area contributed by atoms with E-state index in [2.05, 4.69) is 20.5 Å². The van der Waals surface area contributed by atoms with Gasteiger partial charge in [0.1, 0.15) is 5.69 Å². The average molecular weight is 292 g/mol. The van der Waals surface area contributed by atoms with Crippen LogP contribution < -0.4 is 5.32 Å². The second-order valence-electron chi connectivity index (χ2n) is 5.19. The van der Waals surface area contributed by atoms with Gasteiger partial charge in [-0.25, -0.2) is 4.98 Å². The molecule has 2 aromatic rings. The molecule has 0 saturated heterocycles. The van der Waals surface area contributed by atoms with E-state index >= 15 is 0 Å². The predicted molar refractivity (Wildman–Crippen MR) is 74.3 cm³/mol. The Bertz CT molecular complexity index is 577. The summed E-state index contributed by atoms with van der Waals surface area (Å²) in [4.78, 5) is 16.1. The van der Waals surface area contributed by atoms with Crippen molar-refractivity contribution in [1.29, 1.82) is 0 Å². The summed E-state index contributed by atoms with van der Waals surface area (Å²) in [7, 11) is 0. The third kappa shape index (κ3) is 2.87. The predicted octanol–water partition coefficient (Wildman–Crippen LogP) is 2.50. The third-order valence-electron chi connectivity index (χ3n) is 3.56. The third-order valence-corrected chi connectivity index (χ3v) is 4.15. The number of aromatic nitrogens is 3. The molecule has 0 spiro atoms. The zero-order chi connectivity index (χ0) is 13.9. The van der Waals surface area contributed by atoms with Gasteiger partial charge in [-0.3, -0.25) is 4.79 Å². The molecule has 1 unspecified atom stereocenters. The van der Waals surface area contributed by atoms with Crippen LogP contribution in [0.3, 0.4) is 0 Å². The topological polar surface area (TPSA) is 80.9 Å². The van der Waals surface area contributed by atoms with Crippen LogP contribution in [0.1, 0.15) is 43.3 Å². The van der Waals surface area contributed by atoms with Crippen LogP contribution in [0.15, 0.2) is 15.3 Å². The Hall–Kier alpha value is -1.76. The van der Waals surface area contributed by atoms with Crippen molar-refractivity contribution in [3.63, 3.8) is 0 Å². The second-order valence-corrected chi connectivity index (χ2v) is 5.91. The van der Waals surface area contributed by atoms with Crippen LogP contribution in [-0.2, 0) is 0 Å². The van der Waals surface area contributed by atoms with Crippen LogP contribution in [0.25, 0.3) is 11.6 Å². The van der Waals surface area contributed by atoms with E-state index in [0.717, 1.165) is 12.3 Å². The molecule has 1 saturated carbocycles. The summed E-state index contributed by atoms with van der Waals surface area (Å²) in [6.45, 7) is 2.01. The van der Waals surface area contributed by atoms with Crippen molar-refractivity contribution in [3.05, 3.63) is 16.8 Å². The standard InChI is InChI=1S/C13H16N4O2S/c1-8(5-9-3-2-4-9)15-11(18)13-17-16-12(19-13)10-6-20-7-14-10/h6-9H,2-5H2,1H3,(H,15,18). The average Bonchev–Trinajstić information content (AvgIpc) is 3.03. The Morgan fingerprint density at radius 2 is 2.40 bits per heavy atom. The summed E-state index contributed by atoms with van der Waals surface area (Å²) in [5, 5.41) is 12.3. The molecule has 2 heterocycles. The molecule has 1 aliphatic rings. The molecule has 1 atom stereocenters. The van der Waals surface area contributed by atoms with Gasteiger partial charge in [0.15, 0.2) is 0 Å². The fourth-order valence-corrected chi connectivity index (χ4v) is 2.84. The van der Waals surface area contributed by atoms with Crippen molar-refractivity contribution in [3.8, 4) is 11.6 Å². The number of hydrogen-bond donors (Lipinski definition) is 1. The van der Waals surface area contributed by atoms with Crippen molar-refractivity contribution < 1.29 is 9.21 Å². The molecular weight excluding hydrogens is 276 g/mol. The van der Waals surface area contributed by atoms with Crippen molar-refractivity contribution in [2.75, 3.05) is 0 Å². The van der Waals surface area contributed by atoms with E-state index in [4.69, 9.17) is 4.42 Å². The molecule has 106 valence electrons. The van der Waals surface area contributed by atoms with Crippen molar-refractivity contribution >= 4 is 17.2 Å². The van der Waals surface area contributed by atoms with Gasteiger partial charge in [0.2, 0.25) is 0 Å². The smallest absolute Gasteiger partial charge is 0.309 e. The molecule has 0 aliphatic heterocycles. The Morgan fingerprint density at radius 1 is 1.55 bits per heavy atom. The molecule has 2 aromatic heterocycles. The normalized spacial score (nSPS) is 16.6. The highest BCUT2D eigenvalue weighted by Gasteiger charge is 2.23. The molecule has 0 radical (unpaired) electrons. The summed E-state index contributed by atoms with van der Waals surface area (Å²) < 4.78 is 5.35. The summed E-state index contributed by atoms with van der Waals surface area (Å²) in [6.07, 6.45) is 4.87. The van der Waals surface area contributed by atoms with Crippen molar-refractivity contribution in [2.24, 2.45) is 5.92 Å². The quantitative estimate of drug-likeness (QED) is 0.915. The first kappa shape index (κ1) is 13.2. The van der Waals surface area contributed by atoms with E-state index < -0.39 is 0 Å². The molecule has 20 heavy (non-hydrogen) atoms. The minimum absolute atomic E-state index is 0.00606. The highest BCUT2D eigenvalue weighted by atomic mass is 32.1. The number of amides is 1. The van der Waals surface area contributed by atoms with Gasteiger partial charge in [0.25, 0.3) is 5.89 Å². The van der Waals surface area contributed by atoms with E-state index in [0.29, 0.717) is 5.69 Å². The molecule has 7 heteroatoms. The van der Waals surface area contributed by atoms with Crippen LogP contribution >= 0.6 is 11.3 Å². The Morgan fingerprint density at radius 3 is 3.05 bits per heavy atom. The first-order valence-corrected chi connectivity index (χ1v) is 7.69. The van der Waals surface area contributed by atoms with Crippen LogP contribution in [0.4, 0.5) is 0 Å². The lowest BCUT2D eigenvalue weighted by atomic mass is 9.81. The highest BCUT2D eigenvalue weighted by molar-refractivity contribution is 7.07. The summed E-state index contributed by atoms with van der Waals surface area (Å²) in [5.74, 6) is 0.709. The van der Waals surface area contributed by atoms with Gasteiger partial charge in [-0.1, -0.05) is 19.3 Å². The molecule has 1 fully saturated rings. The number of thiazole rings is 1. The fourth-order valence-electron chi connectivity index (χ4n) is 2.31. The van der Waals surface area contributed by atoms with Gasteiger partial charge in [0, 0.05) is 11.4 Å². The van der Waals surface area contributed by atoms with Gasteiger partial charge >= 0.3 is 11.8 Å². The van der Waals surface area contributed by atoms with Crippen LogP contribution in [-0.4, -0.2) is 27.1 Å². The highest BCUT2D eigenvalue weighted by Crippen LogP contribution is 2.30. The minimum atomic E-state index is -0.314. The van der Waals surface area contributed by atoms with E-state index in [-0.39, 0.29) is 23.7 Å². The molecule has 6 nitrogen and oxygen atoms in total. The maximum atomic E-state index is 12.0. The van der Waals surface area contributed by atoms with Crippen LogP contribution in [0, 0.1) is 5.92 Å². The van der Waals surface area contributed by atoms with Gasteiger partial charge in [-0.05, 0) is 19.3 Å². The first-order valence-electron chi connectivity index (χ1n) is 6.75. The summed E-state index contributed by atoms with van der Waals surface area (Å²) in [6, 6.07) is 0.127. The number of nitrogens with one attached hydrogen (secondary N) is 1. The molecular formula is C13H16N4O2S. The van der Waals surface area contributed by atoms with Crippen LogP contribution in [0.5, 0.6) is 0 Å². The van der Waals surface area contributed by atoms with Gasteiger partial charge in [-0.15, -0.1) is 21.5 Å². The van der Waals surface area contributed by atoms with Crippen LogP contribution in [0.2, 0.25) is 0 Å². The van der Waals surface area contributed by atoms with Crippen molar-refractivity contribution in [1.82, 2.24) is 20.5 Å². The number of nitrogens with zero attached hydrogens (tertiary/aromatic N) is 3. The number of hydrogen-bond acceptors (Lipinski definition) is 6. The lowest BCUT2D eigenvalue weighted by Gasteiger charge is -2.28. The Labute approximate surface area is 120 Å². The Balaban J connectivity index is 1.59. The van der Waals surface area contributed by atoms with Crippen molar-refractivity contribution in [2.45, 2.75) is 38.6 Å². The van der Waals surface area contributed by atoms with E-state index in [1.165, 1.54) is 30.6 Å². The molecule has 1 N–H and O–H groups in total. The molecule has 1 aliphatic carbocycles. The molecule has 3 rings (SSSR count). The summed E-state index contributed by atoms with van der Waals surface area (Å²) in [5.41, 5.74) is 2.28. The molecule has 1 amide bonds. The SMILES string of the molecule is CC(CC1CCC1)NC(=O)c1nnc(-c2cscn2)o1. The fraction of sp³-hybridized carbons (Fsp3) is 0.538. The van der Waals surface area contributed by atoms with Gasteiger partial charge < -0.3 is 9.73 Å². The first-order chi connectivity index (χ1) is 9.72. The zero-order valence-electron chi connectivity index (χ0n) is 11.2. The number of carbonyl (C=O) groups excluding carboxylic acids is 1. The zero-order valence-corrected chi connectivity index (χ0v) is 12.0. The Kier molecular flexibility index (Phi) is 3.77. The van der Waals surface area contributed by atoms with Gasteiger partial charge in [0.05, 0.1) is 5.51 Å². The number of carbonyl (C=O) groups is 1. The maximum absolute atomic E-state index is 12.0. The molecule has 0 bridgehead atoms. The number of rotatable bonds is 5. The summed E-state index contributed by atoms with van der Waals surface area (Å²) >= 11 is 1.44. The lowest BCUT2D eigenvalue weighted by molar-refractivity contribution is 0.0896. The second kappa shape index (κ2) is 5.70.